The highest BCUT2D eigenvalue weighted by atomic mass is 127. The van der Waals surface area contributed by atoms with Crippen molar-refractivity contribution in [2.75, 3.05) is 0 Å². The lowest BCUT2D eigenvalue weighted by Crippen LogP contribution is -2.04. The molecule has 5 heteroatoms. The first-order chi connectivity index (χ1) is 5.59. The van der Waals surface area contributed by atoms with Crippen LogP contribution in [0, 0.1) is 3.57 Å². The van der Waals surface area contributed by atoms with E-state index in [9.17, 15) is 4.79 Å². The fraction of sp³-hybridized carbons (Fsp3) is 0.143. The van der Waals surface area contributed by atoms with Crippen LogP contribution in [0.15, 0.2) is 16.7 Å². The van der Waals surface area contributed by atoms with Gasteiger partial charge in [0.2, 0.25) is 0 Å². The Hall–Kier alpha value is -0.170. The maximum absolute atomic E-state index is 10.4. The number of pyridine rings is 1. The van der Waals surface area contributed by atoms with Gasteiger partial charge in [-0.25, -0.2) is 0 Å². The number of carboxylic acid groups (broad SMARTS) is 1. The topological polar surface area (TPSA) is 50.2 Å². The molecule has 0 aromatic carbocycles. The maximum atomic E-state index is 10.4. The van der Waals surface area contributed by atoms with Crippen LogP contribution in [0.25, 0.3) is 0 Å². The number of aromatic nitrogens is 1. The van der Waals surface area contributed by atoms with Gasteiger partial charge in [0.25, 0.3) is 0 Å². The van der Waals surface area contributed by atoms with Gasteiger partial charge >= 0.3 is 5.97 Å². The zero-order valence-corrected chi connectivity index (χ0v) is 9.66. The molecule has 1 aromatic rings. The van der Waals surface area contributed by atoms with Crippen LogP contribution < -0.4 is 0 Å². The molecule has 1 N–H and O–H groups in total. The van der Waals surface area contributed by atoms with Gasteiger partial charge in [0.05, 0.1) is 12.1 Å². The van der Waals surface area contributed by atoms with E-state index in [2.05, 4.69) is 43.5 Å². The summed E-state index contributed by atoms with van der Waals surface area (Å²) in [5.41, 5.74) is 0.603. The van der Waals surface area contributed by atoms with E-state index >= 15 is 0 Å². The van der Waals surface area contributed by atoms with Crippen LogP contribution in [0.1, 0.15) is 5.69 Å². The van der Waals surface area contributed by atoms with Crippen molar-refractivity contribution in [2.45, 2.75) is 6.42 Å². The lowest BCUT2D eigenvalue weighted by molar-refractivity contribution is -0.136. The standard InChI is InChI=1S/C7H5BrINO2/c8-4-1-5(9)6(10-3-4)2-7(11)12/h1,3H,2H2,(H,11,12). The number of carboxylic acids is 1. The average Bonchev–Trinajstić information content (AvgIpc) is 1.94. The van der Waals surface area contributed by atoms with Crippen molar-refractivity contribution in [3.63, 3.8) is 0 Å². The summed E-state index contributed by atoms with van der Waals surface area (Å²) in [7, 11) is 0. The summed E-state index contributed by atoms with van der Waals surface area (Å²) in [6.07, 6.45) is 1.58. The maximum Gasteiger partial charge on any atom is 0.309 e. The molecule has 0 aliphatic carbocycles. The molecular formula is C7H5BrINO2. The molecule has 3 nitrogen and oxygen atoms in total. The first-order valence-electron chi connectivity index (χ1n) is 3.11. The van der Waals surface area contributed by atoms with Crippen LogP contribution in [0.5, 0.6) is 0 Å². The molecule has 0 radical (unpaired) electrons. The molecule has 0 saturated heterocycles. The molecule has 0 saturated carbocycles. The lowest BCUT2D eigenvalue weighted by Gasteiger charge is -1.99. The molecule has 64 valence electrons. The van der Waals surface area contributed by atoms with Crippen molar-refractivity contribution >= 4 is 44.5 Å². The summed E-state index contributed by atoms with van der Waals surface area (Å²) in [5.74, 6) is -0.859. The van der Waals surface area contributed by atoms with Crippen LogP contribution in [0.4, 0.5) is 0 Å². The SMILES string of the molecule is O=C(O)Cc1ncc(Br)cc1I. The minimum absolute atomic E-state index is 0.0223. The molecule has 0 atom stereocenters. The number of aliphatic carboxylic acids is 1. The third-order valence-corrected chi connectivity index (χ3v) is 2.57. The van der Waals surface area contributed by atoms with Gasteiger partial charge in [0.1, 0.15) is 0 Å². The summed E-state index contributed by atoms with van der Waals surface area (Å²) in [5, 5.41) is 8.51. The second kappa shape index (κ2) is 4.18. The first kappa shape index (κ1) is 9.91. The van der Waals surface area contributed by atoms with Gasteiger partial charge in [-0.15, -0.1) is 0 Å². The monoisotopic (exact) mass is 341 g/mol. The van der Waals surface area contributed by atoms with Gasteiger partial charge in [-0.1, -0.05) is 0 Å². The smallest absolute Gasteiger partial charge is 0.309 e. The van der Waals surface area contributed by atoms with Gasteiger partial charge in [0.15, 0.2) is 0 Å². The Morgan fingerprint density at radius 1 is 1.75 bits per heavy atom. The number of rotatable bonds is 2. The molecule has 1 heterocycles. The fourth-order valence-corrected chi connectivity index (χ4v) is 2.14. The van der Waals surface area contributed by atoms with Crippen molar-refractivity contribution in [1.82, 2.24) is 4.98 Å². The van der Waals surface area contributed by atoms with Crippen LogP contribution in [0.3, 0.4) is 0 Å². The molecule has 0 aliphatic rings. The second-order valence-corrected chi connectivity index (χ2v) is 4.23. The van der Waals surface area contributed by atoms with Crippen molar-refractivity contribution in [3.05, 3.63) is 26.0 Å². The fourth-order valence-electron chi connectivity index (χ4n) is 0.716. The molecule has 0 spiro atoms. The molecule has 0 fully saturated rings. The first-order valence-corrected chi connectivity index (χ1v) is 4.98. The molecule has 1 rings (SSSR count). The van der Waals surface area contributed by atoms with E-state index in [0.717, 1.165) is 8.04 Å². The van der Waals surface area contributed by atoms with Crippen LogP contribution in [-0.2, 0) is 11.2 Å². The van der Waals surface area contributed by atoms with Crippen LogP contribution in [0.2, 0.25) is 0 Å². The number of nitrogens with zero attached hydrogens (tertiary/aromatic N) is 1. The summed E-state index contributed by atoms with van der Waals surface area (Å²) in [4.78, 5) is 14.3. The highest BCUT2D eigenvalue weighted by molar-refractivity contribution is 14.1. The van der Waals surface area contributed by atoms with Gasteiger partial charge < -0.3 is 5.11 Å². The zero-order chi connectivity index (χ0) is 9.14. The highest BCUT2D eigenvalue weighted by Crippen LogP contribution is 2.16. The van der Waals surface area contributed by atoms with E-state index in [1.54, 1.807) is 6.20 Å². The van der Waals surface area contributed by atoms with E-state index in [-0.39, 0.29) is 6.42 Å². The number of hydrogen-bond acceptors (Lipinski definition) is 2. The number of carbonyl (C=O) groups is 1. The van der Waals surface area contributed by atoms with Gasteiger partial charge in [-0.3, -0.25) is 9.78 Å². The third kappa shape index (κ3) is 2.71. The molecule has 0 amide bonds. The average molecular weight is 342 g/mol. The van der Waals surface area contributed by atoms with Gasteiger partial charge in [-0.2, -0.15) is 0 Å². The Bertz CT molecular complexity index is 316. The predicted molar refractivity (Wildman–Crippen MR) is 56.0 cm³/mol. The van der Waals surface area contributed by atoms with E-state index in [1.807, 2.05) is 6.07 Å². The van der Waals surface area contributed by atoms with Gasteiger partial charge in [-0.05, 0) is 44.6 Å². The van der Waals surface area contributed by atoms with Crippen molar-refractivity contribution < 1.29 is 9.90 Å². The third-order valence-electron chi connectivity index (χ3n) is 1.20. The Morgan fingerprint density at radius 3 is 2.92 bits per heavy atom. The number of halogens is 2. The van der Waals surface area contributed by atoms with Crippen LogP contribution >= 0.6 is 38.5 Å². The number of hydrogen-bond donors (Lipinski definition) is 1. The van der Waals surface area contributed by atoms with E-state index in [1.165, 1.54) is 0 Å². The minimum Gasteiger partial charge on any atom is -0.481 e. The molecule has 0 bridgehead atoms. The Morgan fingerprint density at radius 2 is 2.42 bits per heavy atom. The van der Waals surface area contributed by atoms with Crippen molar-refractivity contribution in [1.29, 1.82) is 0 Å². The zero-order valence-electron chi connectivity index (χ0n) is 5.92. The molecule has 12 heavy (non-hydrogen) atoms. The highest BCUT2D eigenvalue weighted by Gasteiger charge is 2.06. The summed E-state index contributed by atoms with van der Waals surface area (Å²) in [6.45, 7) is 0. The predicted octanol–water partition coefficient (Wildman–Crippen LogP) is 2.08. The Kier molecular flexibility index (Phi) is 3.45. The molecule has 0 aliphatic heterocycles. The summed E-state index contributed by atoms with van der Waals surface area (Å²) < 4.78 is 1.73. The summed E-state index contributed by atoms with van der Waals surface area (Å²) in [6, 6.07) is 1.84. The van der Waals surface area contributed by atoms with Crippen LogP contribution in [-0.4, -0.2) is 16.1 Å². The normalized spacial score (nSPS) is 9.83. The molecular weight excluding hydrogens is 337 g/mol. The van der Waals surface area contributed by atoms with Crippen molar-refractivity contribution in [3.8, 4) is 0 Å². The quantitative estimate of drug-likeness (QED) is 0.838. The van der Waals surface area contributed by atoms with Gasteiger partial charge in [0, 0.05) is 14.2 Å². The second-order valence-electron chi connectivity index (χ2n) is 2.15. The minimum atomic E-state index is -0.859. The van der Waals surface area contributed by atoms with E-state index in [0.29, 0.717) is 5.69 Å². The van der Waals surface area contributed by atoms with Crippen molar-refractivity contribution in [2.24, 2.45) is 0 Å². The van der Waals surface area contributed by atoms with E-state index in [4.69, 9.17) is 5.11 Å². The Labute approximate surface area is 91.5 Å². The lowest BCUT2D eigenvalue weighted by atomic mass is 10.3. The van der Waals surface area contributed by atoms with E-state index < -0.39 is 5.97 Å². The Balaban J connectivity index is 2.93. The largest absolute Gasteiger partial charge is 0.481 e. The summed E-state index contributed by atoms with van der Waals surface area (Å²) >= 11 is 5.31. The molecule has 1 aromatic heterocycles. The molecule has 0 unspecified atom stereocenters.